The molecule has 20 heavy (non-hydrogen) atoms. The number of hydrogen-bond donors (Lipinski definition) is 2. The fourth-order valence-electron chi connectivity index (χ4n) is 1.63. The molecule has 106 valence electrons. The number of benzene rings is 1. The molecule has 0 saturated heterocycles. The van der Waals surface area contributed by atoms with Gasteiger partial charge in [-0.05, 0) is 35.8 Å². The van der Waals surface area contributed by atoms with Crippen LogP contribution in [0, 0.1) is 18.6 Å². The average Bonchev–Trinajstić information content (AvgIpc) is 2.35. The van der Waals surface area contributed by atoms with E-state index in [1.807, 2.05) is 13.8 Å². The molecule has 0 amide bonds. The lowest BCUT2D eigenvalue weighted by atomic mass is 10.3. The molecule has 1 aromatic carbocycles. The van der Waals surface area contributed by atoms with Crippen LogP contribution in [0.4, 0.5) is 26.2 Å². The van der Waals surface area contributed by atoms with E-state index in [1.165, 1.54) is 6.07 Å². The first-order valence-corrected chi connectivity index (χ1v) is 6.80. The number of rotatable bonds is 4. The van der Waals surface area contributed by atoms with Gasteiger partial charge in [0.2, 0.25) is 5.95 Å². The summed E-state index contributed by atoms with van der Waals surface area (Å²) in [6, 6.07) is 3.82. The molecule has 2 rings (SSSR count). The van der Waals surface area contributed by atoms with Gasteiger partial charge in [-0.1, -0.05) is 0 Å². The summed E-state index contributed by atoms with van der Waals surface area (Å²) in [7, 11) is 0. The Balaban J connectivity index is 2.32. The minimum Gasteiger partial charge on any atom is -0.354 e. The highest BCUT2D eigenvalue weighted by Crippen LogP contribution is 2.26. The van der Waals surface area contributed by atoms with Crippen molar-refractivity contribution in [2.45, 2.75) is 13.8 Å². The highest BCUT2D eigenvalue weighted by Gasteiger charge is 2.10. The summed E-state index contributed by atoms with van der Waals surface area (Å²) >= 11 is 3.02. The molecule has 0 bridgehead atoms. The predicted molar refractivity (Wildman–Crippen MR) is 78.3 cm³/mol. The van der Waals surface area contributed by atoms with Gasteiger partial charge in [-0.15, -0.1) is 0 Å². The van der Waals surface area contributed by atoms with E-state index < -0.39 is 11.6 Å². The van der Waals surface area contributed by atoms with Crippen molar-refractivity contribution in [3.63, 3.8) is 0 Å². The Kier molecular flexibility index (Phi) is 4.49. The van der Waals surface area contributed by atoms with Gasteiger partial charge < -0.3 is 10.6 Å². The van der Waals surface area contributed by atoms with Crippen LogP contribution in [-0.2, 0) is 0 Å². The fourth-order valence-corrected chi connectivity index (χ4v) is 1.97. The highest BCUT2D eigenvalue weighted by molar-refractivity contribution is 9.10. The standard InChI is InChI=1S/C13H13BrF2N4/c1-3-17-13-18-7(2)4-12(20-13)19-11-5-8(14)9(15)6-10(11)16/h4-6H,3H2,1-2H3,(H2,17,18,19,20). The van der Waals surface area contributed by atoms with Gasteiger partial charge in [0.1, 0.15) is 17.5 Å². The Morgan fingerprint density at radius 2 is 1.90 bits per heavy atom. The molecule has 2 aromatic rings. The minimum absolute atomic E-state index is 0.138. The summed E-state index contributed by atoms with van der Waals surface area (Å²) in [6.07, 6.45) is 0. The molecule has 0 unspecified atom stereocenters. The van der Waals surface area contributed by atoms with Crippen molar-refractivity contribution in [1.82, 2.24) is 9.97 Å². The van der Waals surface area contributed by atoms with Gasteiger partial charge in [0.25, 0.3) is 0 Å². The van der Waals surface area contributed by atoms with E-state index in [0.717, 1.165) is 11.8 Å². The smallest absolute Gasteiger partial charge is 0.224 e. The van der Waals surface area contributed by atoms with E-state index in [-0.39, 0.29) is 10.2 Å². The Morgan fingerprint density at radius 3 is 2.60 bits per heavy atom. The third-order valence-corrected chi connectivity index (χ3v) is 3.07. The van der Waals surface area contributed by atoms with Crippen molar-refractivity contribution in [2.24, 2.45) is 0 Å². The molecule has 1 heterocycles. The zero-order valence-corrected chi connectivity index (χ0v) is 12.6. The lowest BCUT2D eigenvalue weighted by molar-refractivity contribution is 0.581. The molecular weight excluding hydrogens is 330 g/mol. The van der Waals surface area contributed by atoms with Gasteiger partial charge in [-0.25, -0.2) is 13.8 Å². The van der Waals surface area contributed by atoms with Crippen LogP contribution in [-0.4, -0.2) is 16.5 Å². The Hall–Kier alpha value is -1.76. The second kappa shape index (κ2) is 6.13. The van der Waals surface area contributed by atoms with Crippen LogP contribution in [0.2, 0.25) is 0 Å². The Labute approximate surface area is 123 Å². The highest BCUT2D eigenvalue weighted by atomic mass is 79.9. The summed E-state index contributed by atoms with van der Waals surface area (Å²) in [5.74, 6) is -0.449. The number of aromatic nitrogens is 2. The van der Waals surface area contributed by atoms with Crippen LogP contribution in [0.3, 0.4) is 0 Å². The zero-order valence-electron chi connectivity index (χ0n) is 11.0. The topological polar surface area (TPSA) is 49.8 Å². The average molecular weight is 343 g/mol. The van der Waals surface area contributed by atoms with Crippen LogP contribution in [0.5, 0.6) is 0 Å². The maximum Gasteiger partial charge on any atom is 0.224 e. The summed E-state index contributed by atoms with van der Waals surface area (Å²) in [4.78, 5) is 8.40. The van der Waals surface area contributed by atoms with Crippen molar-refractivity contribution in [1.29, 1.82) is 0 Å². The number of nitrogens with one attached hydrogen (secondary N) is 2. The van der Waals surface area contributed by atoms with Gasteiger partial charge in [0.05, 0.1) is 10.2 Å². The summed E-state index contributed by atoms with van der Waals surface area (Å²) in [5, 5.41) is 5.80. The van der Waals surface area contributed by atoms with E-state index in [4.69, 9.17) is 0 Å². The van der Waals surface area contributed by atoms with Gasteiger partial charge >= 0.3 is 0 Å². The number of nitrogens with zero attached hydrogens (tertiary/aromatic N) is 2. The number of hydrogen-bond acceptors (Lipinski definition) is 4. The van der Waals surface area contributed by atoms with Crippen LogP contribution in [0.1, 0.15) is 12.6 Å². The first-order valence-electron chi connectivity index (χ1n) is 6.00. The molecule has 0 fully saturated rings. The van der Waals surface area contributed by atoms with Crippen molar-refractivity contribution >= 4 is 33.4 Å². The van der Waals surface area contributed by atoms with Crippen LogP contribution in [0.15, 0.2) is 22.7 Å². The maximum absolute atomic E-state index is 13.7. The van der Waals surface area contributed by atoms with Crippen molar-refractivity contribution in [3.8, 4) is 0 Å². The molecule has 4 nitrogen and oxygen atoms in total. The molecule has 0 aliphatic carbocycles. The number of halogens is 3. The SMILES string of the molecule is CCNc1nc(C)cc(Nc2cc(Br)c(F)cc2F)n1. The summed E-state index contributed by atoms with van der Waals surface area (Å²) < 4.78 is 27.0. The van der Waals surface area contributed by atoms with Gasteiger partial charge in [0, 0.05) is 24.4 Å². The minimum atomic E-state index is -0.688. The van der Waals surface area contributed by atoms with Gasteiger partial charge in [0.15, 0.2) is 0 Å². The molecule has 0 atom stereocenters. The lowest BCUT2D eigenvalue weighted by Gasteiger charge is -2.10. The largest absolute Gasteiger partial charge is 0.354 e. The molecular formula is C13H13BrF2N4. The first-order chi connectivity index (χ1) is 9.49. The predicted octanol–water partition coefficient (Wildman–Crippen LogP) is 4.00. The molecule has 0 saturated carbocycles. The van der Waals surface area contributed by atoms with Crippen LogP contribution in [0.25, 0.3) is 0 Å². The van der Waals surface area contributed by atoms with E-state index in [1.54, 1.807) is 6.07 Å². The van der Waals surface area contributed by atoms with Crippen molar-refractivity contribution < 1.29 is 8.78 Å². The van der Waals surface area contributed by atoms with E-state index in [2.05, 4.69) is 36.5 Å². The summed E-state index contributed by atoms with van der Waals surface area (Å²) in [5.41, 5.74) is 0.874. The number of anilines is 3. The zero-order chi connectivity index (χ0) is 14.7. The van der Waals surface area contributed by atoms with Gasteiger partial charge in [-0.3, -0.25) is 0 Å². The van der Waals surface area contributed by atoms with Crippen molar-refractivity contribution in [2.75, 3.05) is 17.2 Å². The fraction of sp³-hybridized carbons (Fsp3) is 0.231. The molecule has 7 heteroatoms. The molecule has 0 aliphatic rings. The lowest BCUT2D eigenvalue weighted by Crippen LogP contribution is -2.06. The number of aryl methyl sites for hydroxylation is 1. The van der Waals surface area contributed by atoms with Crippen molar-refractivity contribution in [3.05, 3.63) is 40.0 Å². The second-order valence-electron chi connectivity index (χ2n) is 4.12. The normalized spacial score (nSPS) is 10.4. The molecule has 0 aliphatic heterocycles. The Morgan fingerprint density at radius 1 is 1.15 bits per heavy atom. The second-order valence-corrected chi connectivity index (χ2v) is 4.97. The molecule has 0 radical (unpaired) electrons. The van der Waals surface area contributed by atoms with E-state index in [0.29, 0.717) is 18.3 Å². The first kappa shape index (κ1) is 14.6. The van der Waals surface area contributed by atoms with E-state index in [9.17, 15) is 8.78 Å². The van der Waals surface area contributed by atoms with Crippen LogP contribution >= 0.6 is 15.9 Å². The Bertz CT molecular complexity index is 634. The third-order valence-electron chi connectivity index (χ3n) is 2.46. The summed E-state index contributed by atoms with van der Waals surface area (Å²) in [6.45, 7) is 4.42. The molecule has 0 spiro atoms. The van der Waals surface area contributed by atoms with Gasteiger partial charge in [-0.2, -0.15) is 4.98 Å². The third kappa shape index (κ3) is 3.41. The molecule has 2 N–H and O–H groups in total. The maximum atomic E-state index is 13.7. The van der Waals surface area contributed by atoms with E-state index >= 15 is 0 Å². The van der Waals surface area contributed by atoms with Crippen LogP contribution < -0.4 is 10.6 Å². The molecule has 1 aromatic heterocycles. The quantitative estimate of drug-likeness (QED) is 0.824. The monoisotopic (exact) mass is 342 g/mol.